The van der Waals surface area contributed by atoms with Gasteiger partial charge in [-0.2, -0.15) is 22.0 Å². The third-order valence-electron chi connectivity index (χ3n) is 2.02. The van der Waals surface area contributed by atoms with Crippen LogP contribution in [-0.4, -0.2) is 17.8 Å². The van der Waals surface area contributed by atoms with Crippen LogP contribution in [0.5, 0.6) is 0 Å². The number of benzene rings is 1. The van der Waals surface area contributed by atoms with Gasteiger partial charge in [0.2, 0.25) is 0 Å². The van der Waals surface area contributed by atoms with E-state index in [1.54, 1.807) is 0 Å². The maximum atomic E-state index is 12.9. The maximum absolute atomic E-state index is 12.9. The molecule has 0 amide bonds. The number of hydrogen-bond acceptors (Lipinski definition) is 1. The molecule has 0 aliphatic rings. The summed E-state index contributed by atoms with van der Waals surface area (Å²) in [6, 6.07) is 3.19. The van der Waals surface area contributed by atoms with Crippen LogP contribution in [0, 0.1) is 0 Å². The molecule has 0 spiro atoms. The first kappa shape index (κ1) is 13.9. The predicted molar refractivity (Wildman–Crippen MR) is 51.4 cm³/mol. The summed E-state index contributed by atoms with van der Waals surface area (Å²) in [5.41, 5.74) is -1.55. The van der Waals surface area contributed by atoms with Gasteiger partial charge in [-0.25, -0.2) is 0 Å². The van der Waals surface area contributed by atoms with E-state index in [0.29, 0.717) is 12.1 Å². The summed E-state index contributed by atoms with van der Waals surface area (Å²) in [5.74, 6) is -6.19. The number of carbonyl (C=O) groups is 1. The van der Waals surface area contributed by atoms with Gasteiger partial charge in [0.25, 0.3) is 0 Å². The normalized spacial score (nSPS) is 12.6. The molecule has 0 radical (unpaired) electrons. The molecule has 0 heterocycles. The monoisotopic (exact) mass is 272 g/mol. The Labute approximate surface area is 98.2 Å². The lowest BCUT2D eigenvalue weighted by atomic mass is 10.0. The van der Waals surface area contributed by atoms with Crippen LogP contribution >= 0.6 is 11.6 Å². The molecule has 0 saturated heterocycles. The van der Waals surface area contributed by atoms with Crippen LogP contribution in [0.3, 0.4) is 0 Å². The molecule has 1 rings (SSSR count). The van der Waals surface area contributed by atoms with E-state index in [2.05, 4.69) is 0 Å². The lowest BCUT2D eigenvalue weighted by Crippen LogP contribution is -2.33. The zero-order valence-electron chi connectivity index (χ0n) is 8.19. The molecule has 0 N–H and O–H groups in total. The highest BCUT2D eigenvalue weighted by Crippen LogP contribution is 2.43. The minimum absolute atomic E-state index is 0.276. The highest BCUT2D eigenvalue weighted by Gasteiger charge is 2.58. The molecular weight excluding hydrogens is 267 g/mol. The number of carbonyl (C=O) groups excluding carboxylic acids is 1. The molecule has 0 aromatic heterocycles. The molecule has 17 heavy (non-hydrogen) atoms. The van der Waals surface area contributed by atoms with Crippen LogP contribution in [0.2, 0.25) is 0 Å². The van der Waals surface area contributed by atoms with Crippen LogP contribution in [0.15, 0.2) is 24.3 Å². The fraction of sp³-hybridized carbons (Fsp3) is 0.300. The van der Waals surface area contributed by atoms with E-state index in [-0.39, 0.29) is 5.56 Å². The van der Waals surface area contributed by atoms with Gasteiger partial charge in [-0.1, -0.05) is 18.2 Å². The molecule has 0 aliphatic carbocycles. The van der Waals surface area contributed by atoms with E-state index in [4.69, 9.17) is 11.6 Å². The Kier molecular flexibility index (Phi) is 3.76. The predicted octanol–water partition coefficient (Wildman–Crippen LogP) is 3.76. The molecule has 0 aliphatic heterocycles. The molecule has 0 saturated carbocycles. The summed E-state index contributed by atoms with van der Waals surface area (Å²) in [7, 11) is 0. The van der Waals surface area contributed by atoms with Gasteiger partial charge >= 0.3 is 12.1 Å². The van der Waals surface area contributed by atoms with Crippen molar-refractivity contribution in [3.63, 3.8) is 0 Å². The summed E-state index contributed by atoms with van der Waals surface area (Å²) in [4.78, 5) is 11.1. The molecule has 1 aromatic rings. The Morgan fingerprint density at radius 3 is 2.24 bits per heavy atom. The van der Waals surface area contributed by atoms with Crippen molar-refractivity contribution in [2.45, 2.75) is 12.1 Å². The third kappa shape index (κ3) is 2.74. The number of hydrogen-bond donors (Lipinski definition) is 0. The van der Waals surface area contributed by atoms with E-state index in [1.165, 1.54) is 0 Å². The van der Waals surface area contributed by atoms with Crippen LogP contribution in [0.25, 0.3) is 0 Å². The zero-order chi connectivity index (χ0) is 13.3. The first-order valence-corrected chi connectivity index (χ1v) is 4.88. The summed E-state index contributed by atoms with van der Waals surface area (Å²) < 4.78 is 62.1. The second-order valence-electron chi connectivity index (χ2n) is 3.21. The number of rotatable bonds is 3. The van der Waals surface area contributed by atoms with Crippen molar-refractivity contribution in [3.05, 3.63) is 35.4 Å². The van der Waals surface area contributed by atoms with Crippen LogP contribution in [-0.2, 0) is 5.92 Å². The SMILES string of the molecule is O=C(CCl)c1cccc(C(F)(F)C(F)(F)F)c1. The van der Waals surface area contributed by atoms with E-state index in [9.17, 15) is 26.7 Å². The maximum Gasteiger partial charge on any atom is 0.458 e. The molecule has 1 nitrogen and oxygen atoms in total. The third-order valence-corrected chi connectivity index (χ3v) is 2.27. The topological polar surface area (TPSA) is 17.1 Å². The second kappa shape index (κ2) is 4.60. The average Bonchev–Trinajstić information content (AvgIpc) is 2.26. The van der Waals surface area contributed by atoms with Crippen molar-refractivity contribution < 1.29 is 26.7 Å². The fourth-order valence-corrected chi connectivity index (χ4v) is 1.28. The largest absolute Gasteiger partial charge is 0.458 e. The number of Topliss-reactive ketones (excluding diaryl/α,β-unsaturated/α-hetero) is 1. The van der Waals surface area contributed by atoms with Crippen molar-refractivity contribution in [1.82, 2.24) is 0 Å². The van der Waals surface area contributed by atoms with E-state index >= 15 is 0 Å². The molecule has 94 valence electrons. The van der Waals surface area contributed by atoms with Crippen molar-refractivity contribution in [3.8, 4) is 0 Å². The number of ketones is 1. The van der Waals surface area contributed by atoms with Crippen molar-refractivity contribution >= 4 is 17.4 Å². The molecule has 0 fully saturated rings. The first-order valence-electron chi connectivity index (χ1n) is 4.34. The minimum Gasteiger partial charge on any atom is -0.293 e. The highest BCUT2D eigenvalue weighted by molar-refractivity contribution is 6.30. The summed E-state index contributed by atoms with van der Waals surface area (Å²) in [5, 5.41) is 0. The Hall–Kier alpha value is -1.17. The second-order valence-corrected chi connectivity index (χ2v) is 3.48. The number of alkyl halides is 6. The van der Waals surface area contributed by atoms with Gasteiger partial charge in [0.1, 0.15) is 0 Å². The lowest BCUT2D eigenvalue weighted by molar-refractivity contribution is -0.289. The van der Waals surface area contributed by atoms with Gasteiger partial charge in [-0.05, 0) is 6.07 Å². The van der Waals surface area contributed by atoms with Gasteiger partial charge in [0.05, 0.1) is 5.88 Å². The Morgan fingerprint density at radius 1 is 1.18 bits per heavy atom. The Morgan fingerprint density at radius 2 is 1.76 bits per heavy atom. The molecule has 1 aromatic carbocycles. The van der Waals surface area contributed by atoms with Gasteiger partial charge in [0.15, 0.2) is 5.78 Å². The molecular formula is C10H6ClF5O. The van der Waals surface area contributed by atoms with Crippen molar-refractivity contribution in [2.75, 3.05) is 5.88 Å². The fourth-order valence-electron chi connectivity index (χ4n) is 1.13. The quantitative estimate of drug-likeness (QED) is 0.465. The zero-order valence-corrected chi connectivity index (χ0v) is 8.95. The molecule has 0 unspecified atom stereocenters. The summed E-state index contributed by atoms with van der Waals surface area (Å²) in [6.45, 7) is 0. The van der Waals surface area contributed by atoms with E-state index in [0.717, 1.165) is 12.1 Å². The van der Waals surface area contributed by atoms with Gasteiger partial charge in [-0.3, -0.25) is 4.79 Å². The molecule has 0 atom stereocenters. The van der Waals surface area contributed by atoms with Crippen molar-refractivity contribution in [2.24, 2.45) is 0 Å². The molecule has 0 bridgehead atoms. The standard InChI is InChI=1S/C10H6ClF5O/c11-5-8(17)6-2-1-3-7(4-6)9(12,13)10(14,15)16/h1-4H,5H2. The molecule has 7 heteroatoms. The van der Waals surface area contributed by atoms with Gasteiger partial charge < -0.3 is 0 Å². The van der Waals surface area contributed by atoms with Gasteiger partial charge in [-0.15, -0.1) is 11.6 Å². The summed E-state index contributed by atoms with van der Waals surface area (Å²) >= 11 is 5.18. The van der Waals surface area contributed by atoms with Crippen LogP contribution in [0.1, 0.15) is 15.9 Å². The number of halogens is 6. The van der Waals surface area contributed by atoms with Crippen LogP contribution in [0.4, 0.5) is 22.0 Å². The van der Waals surface area contributed by atoms with Gasteiger partial charge in [0, 0.05) is 11.1 Å². The smallest absolute Gasteiger partial charge is 0.293 e. The highest BCUT2D eigenvalue weighted by atomic mass is 35.5. The average molecular weight is 273 g/mol. The Balaban J connectivity index is 3.21. The first-order chi connectivity index (χ1) is 7.70. The Bertz CT molecular complexity index is 427. The van der Waals surface area contributed by atoms with Crippen molar-refractivity contribution in [1.29, 1.82) is 0 Å². The lowest BCUT2D eigenvalue weighted by Gasteiger charge is -2.20. The summed E-state index contributed by atoms with van der Waals surface area (Å²) in [6.07, 6.45) is -5.70. The van der Waals surface area contributed by atoms with E-state index in [1.807, 2.05) is 0 Å². The van der Waals surface area contributed by atoms with Crippen LogP contribution < -0.4 is 0 Å². The van der Waals surface area contributed by atoms with E-state index < -0.39 is 29.3 Å². The minimum atomic E-state index is -5.70.